The predicted octanol–water partition coefficient (Wildman–Crippen LogP) is 3.71. The molecule has 0 atom stereocenters. The summed E-state index contributed by atoms with van der Waals surface area (Å²) >= 11 is 3.40. The van der Waals surface area contributed by atoms with Crippen molar-refractivity contribution in [1.82, 2.24) is 4.57 Å². The quantitative estimate of drug-likeness (QED) is 0.763. The van der Waals surface area contributed by atoms with Crippen LogP contribution in [0.5, 0.6) is 0 Å². The number of rotatable bonds is 3. The number of nitrogens with one attached hydrogen (secondary N) is 1. The molecule has 0 spiro atoms. The van der Waals surface area contributed by atoms with Crippen LogP contribution in [0.25, 0.3) is 10.9 Å². The summed E-state index contributed by atoms with van der Waals surface area (Å²) in [6, 6.07) is 14.5. The van der Waals surface area contributed by atoms with Gasteiger partial charge in [0.25, 0.3) is 0 Å². The Kier molecular flexibility index (Phi) is 4.30. The minimum Gasteiger partial charge on any atom is -0.338 e. The third-order valence-electron chi connectivity index (χ3n) is 3.59. The number of aryl methyl sites for hydroxylation is 1. The Balaban J connectivity index is 1.87. The van der Waals surface area contributed by atoms with Gasteiger partial charge in [0, 0.05) is 27.8 Å². The normalized spacial score (nSPS) is 10.7. The van der Waals surface area contributed by atoms with Crippen molar-refractivity contribution in [2.75, 3.05) is 5.32 Å². The van der Waals surface area contributed by atoms with Gasteiger partial charge in [0.2, 0.25) is 5.91 Å². The van der Waals surface area contributed by atoms with E-state index >= 15 is 0 Å². The zero-order valence-electron chi connectivity index (χ0n) is 12.5. The molecule has 5 heteroatoms. The fraction of sp³-hybridized carbons (Fsp3) is 0.111. The average molecular weight is 371 g/mol. The first-order valence-electron chi connectivity index (χ1n) is 7.18. The summed E-state index contributed by atoms with van der Waals surface area (Å²) in [7, 11) is 0. The second kappa shape index (κ2) is 6.38. The van der Waals surface area contributed by atoms with Crippen molar-refractivity contribution in [2.45, 2.75) is 13.5 Å². The monoisotopic (exact) mass is 370 g/mol. The van der Waals surface area contributed by atoms with Crippen LogP contribution in [-0.4, -0.2) is 10.5 Å². The van der Waals surface area contributed by atoms with Crippen molar-refractivity contribution in [2.24, 2.45) is 0 Å². The second-order valence-corrected chi connectivity index (χ2v) is 6.30. The number of halogens is 1. The lowest BCUT2D eigenvalue weighted by Gasteiger charge is -2.11. The van der Waals surface area contributed by atoms with Crippen LogP contribution < -0.4 is 10.7 Å². The van der Waals surface area contributed by atoms with Crippen LogP contribution in [0.15, 0.2) is 64.0 Å². The van der Waals surface area contributed by atoms with Crippen LogP contribution in [0.3, 0.4) is 0 Å². The van der Waals surface area contributed by atoms with Crippen molar-refractivity contribution in [1.29, 1.82) is 0 Å². The van der Waals surface area contributed by atoms with E-state index in [1.807, 2.05) is 43.3 Å². The first-order chi connectivity index (χ1) is 11.0. The van der Waals surface area contributed by atoms with Gasteiger partial charge in [0.05, 0.1) is 5.52 Å². The summed E-state index contributed by atoms with van der Waals surface area (Å²) in [5.74, 6) is -0.140. The molecule has 0 unspecified atom stereocenters. The third-order valence-corrected chi connectivity index (χ3v) is 4.08. The Labute approximate surface area is 141 Å². The molecule has 4 nitrogen and oxygen atoms in total. The molecule has 0 fully saturated rings. The van der Waals surface area contributed by atoms with Gasteiger partial charge in [-0.15, -0.1) is 0 Å². The highest BCUT2D eigenvalue weighted by Crippen LogP contribution is 2.17. The van der Waals surface area contributed by atoms with Crippen LogP contribution in [0, 0.1) is 6.92 Å². The number of hydrogen-bond acceptors (Lipinski definition) is 2. The molecule has 0 aliphatic carbocycles. The Hall–Kier alpha value is -2.40. The highest BCUT2D eigenvalue weighted by Gasteiger charge is 2.08. The van der Waals surface area contributed by atoms with E-state index in [0.717, 1.165) is 21.2 Å². The summed E-state index contributed by atoms with van der Waals surface area (Å²) in [6.45, 7) is 2.14. The molecule has 1 aromatic heterocycles. The van der Waals surface area contributed by atoms with E-state index < -0.39 is 0 Å². The fourth-order valence-electron chi connectivity index (χ4n) is 2.41. The Morgan fingerprint density at radius 2 is 1.87 bits per heavy atom. The summed E-state index contributed by atoms with van der Waals surface area (Å²) in [6.07, 6.45) is 1.64. The number of anilines is 1. The molecule has 0 saturated carbocycles. The lowest BCUT2D eigenvalue weighted by molar-refractivity contribution is -0.116. The molecule has 2 aromatic carbocycles. The van der Waals surface area contributed by atoms with Gasteiger partial charge in [-0.1, -0.05) is 33.6 Å². The summed E-state index contributed by atoms with van der Waals surface area (Å²) < 4.78 is 2.63. The van der Waals surface area contributed by atoms with Crippen molar-refractivity contribution in [3.63, 3.8) is 0 Å². The number of carbonyl (C=O) groups excluding carboxylic acids is 1. The molecule has 0 bridgehead atoms. The highest BCUT2D eigenvalue weighted by molar-refractivity contribution is 9.10. The van der Waals surface area contributed by atoms with Gasteiger partial charge in [-0.25, -0.2) is 0 Å². The number of hydrogen-bond donors (Lipinski definition) is 1. The van der Waals surface area contributed by atoms with Crippen molar-refractivity contribution in [3.8, 4) is 0 Å². The highest BCUT2D eigenvalue weighted by atomic mass is 79.9. The minimum absolute atomic E-state index is 0.0531. The van der Waals surface area contributed by atoms with Crippen LogP contribution in [-0.2, 0) is 11.3 Å². The zero-order valence-corrected chi connectivity index (χ0v) is 14.1. The molecule has 3 rings (SSSR count). The van der Waals surface area contributed by atoms with E-state index in [0.29, 0.717) is 5.39 Å². The molecule has 23 heavy (non-hydrogen) atoms. The lowest BCUT2D eigenvalue weighted by Crippen LogP contribution is -2.20. The Bertz CT molecular complexity index is 930. The number of aromatic nitrogens is 1. The molecule has 0 saturated heterocycles. The van der Waals surface area contributed by atoms with E-state index in [9.17, 15) is 9.59 Å². The van der Waals surface area contributed by atoms with E-state index in [1.54, 1.807) is 16.8 Å². The molecule has 0 aliphatic heterocycles. The van der Waals surface area contributed by atoms with Gasteiger partial charge in [-0.05, 0) is 37.3 Å². The van der Waals surface area contributed by atoms with Crippen molar-refractivity contribution >= 4 is 38.4 Å². The minimum atomic E-state index is -0.140. The molecule has 1 amide bonds. The molecule has 1 N–H and O–H groups in total. The smallest absolute Gasteiger partial charge is 0.244 e. The summed E-state index contributed by atoms with van der Waals surface area (Å²) in [4.78, 5) is 24.2. The largest absolute Gasteiger partial charge is 0.338 e. The zero-order chi connectivity index (χ0) is 16.4. The Morgan fingerprint density at radius 3 is 2.61 bits per heavy atom. The SMILES string of the molecule is Cc1ccc(NC(=O)Cn2ccc(=O)c3ccc(Br)cc32)cc1. The van der Waals surface area contributed by atoms with E-state index in [-0.39, 0.29) is 17.9 Å². The van der Waals surface area contributed by atoms with E-state index in [4.69, 9.17) is 0 Å². The molecule has 0 aliphatic rings. The molecule has 3 aromatic rings. The van der Waals surface area contributed by atoms with Gasteiger partial charge < -0.3 is 9.88 Å². The number of carbonyl (C=O) groups is 1. The molecule has 1 heterocycles. The van der Waals surface area contributed by atoms with Gasteiger partial charge in [0.15, 0.2) is 5.43 Å². The maximum Gasteiger partial charge on any atom is 0.244 e. The number of benzene rings is 2. The van der Waals surface area contributed by atoms with Gasteiger partial charge in [0.1, 0.15) is 6.54 Å². The third kappa shape index (κ3) is 3.51. The number of nitrogens with zero attached hydrogens (tertiary/aromatic N) is 1. The Morgan fingerprint density at radius 1 is 1.13 bits per heavy atom. The van der Waals surface area contributed by atoms with Crippen molar-refractivity contribution < 1.29 is 4.79 Å². The standard InChI is InChI=1S/C18H15BrN2O2/c1-12-2-5-14(6-3-12)20-18(23)11-21-9-8-17(22)15-7-4-13(19)10-16(15)21/h2-10H,11H2,1H3,(H,20,23). The van der Waals surface area contributed by atoms with Crippen LogP contribution >= 0.6 is 15.9 Å². The summed E-state index contributed by atoms with van der Waals surface area (Å²) in [5.41, 5.74) is 2.57. The molecular weight excluding hydrogens is 356 g/mol. The lowest BCUT2D eigenvalue weighted by atomic mass is 10.2. The number of pyridine rings is 1. The fourth-order valence-corrected chi connectivity index (χ4v) is 2.76. The van der Waals surface area contributed by atoms with Gasteiger partial charge in [-0.2, -0.15) is 0 Å². The van der Waals surface area contributed by atoms with E-state index in [1.165, 1.54) is 6.07 Å². The topological polar surface area (TPSA) is 51.1 Å². The first-order valence-corrected chi connectivity index (χ1v) is 7.97. The average Bonchev–Trinajstić information content (AvgIpc) is 2.52. The predicted molar refractivity (Wildman–Crippen MR) is 95.7 cm³/mol. The van der Waals surface area contributed by atoms with Gasteiger partial charge in [-0.3, -0.25) is 9.59 Å². The van der Waals surface area contributed by atoms with Crippen LogP contribution in [0.4, 0.5) is 5.69 Å². The van der Waals surface area contributed by atoms with Crippen LogP contribution in [0.2, 0.25) is 0 Å². The number of fused-ring (bicyclic) bond motifs is 1. The van der Waals surface area contributed by atoms with Gasteiger partial charge >= 0.3 is 0 Å². The second-order valence-electron chi connectivity index (χ2n) is 5.38. The summed E-state index contributed by atoms with van der Waals surface area (Å²) in [5, 5.41) is 3.46. The maximum atomic E-state index is 12.3. The molecule has 0 radical (unpaired) electrons. The molecule has 116 valence electrons. The van der Waals surface area contributed by atoms with Crippen molar-refractivity contribution in [3.05, 3.63) is 75.0 Å². The van der Waals surface area contributed by atoms with E-state index in [2.05, 4.69) is 21.2 Å². The maximum absolute atomic E-state index is 12.3. The van der Waals surface area contributed by atoms with Crippen LogP contribution in [0.1, 0.15) is 5.56 Å². The molecular formula is C18H15BrN2O2. The number of amides is 1. The first kappa shape index (κ1) is 15.5.